The molecule has 1 aromatic rings. The van der Waals surface area contributed by atoms with Gasteiger partial charge in [0.2, 0.25) is 0 Å². The van der Waals surface area contributed by atoms with E-state index in [0.29, 0.717) is 0 Å². The topological polar surface area (TPSA) is 40.5 Å². The molecule has 14 heavy (non-hydrogen) atoms. The standard InChI is InChI=1S/C9H15NO2S2/c1-9(2,11)7-5-8(13-6-7)14(12)10(3)4/h5-6,11H,1-4H3. The van der Waals surface area contributed by atoms with Gasteiger partial charge >= 0.3 is 0 Å². The van der Waals surface area contributed by atoms with Crippen LogP contribution in [0.25, 0.3) is 0 Å². The number of hydrogen-bond donors (Lipinski definition) is 1. The van der Waals surface area contributed by atoms with E-state index in [2.05, 4.69) is 0 Å². The van der Waals surface area contributed by atoms with Crippen molar-refractivity contribution in [1.82, 2.24) is 4.31 Å². The molecule has 1 rings (SSSR count). The predicted octanol–water partition coefficient (Wildman–Crippen LogP) is 1.56. The molecule has 0 aromatic carbocycles. The third-order valence-corrected chi connectivity index (χ3v) is 4.35. The largest absolute Gasteiger partial charge is 0.386 e. The van der Waals surface area contributed by atoms with Crippen LogP contribution in [0, 0.1) is 0 Å². The van der Waals surface area contributed by atoms with Crippen LogP contribution in [0.4, 0.5) is 0 Å². The van der Waals surface area contributed by atoms with Crippen molar-refractivity contribution in [3.05, 3.63) is 17.0 Å². The van der Waals surface area contributed by atoms with E-state index >= 15 is 0 Å². The zero-order chi connectivity index (χ0) is 10.9. The van der Waals surface area contributed by atoms with Crippen molar-refractivity contribution in [2.45, 2.75) is 23.7 Å². The Morgan fingerprint density at radius 1 is 1.50 bits per heavy atom. The molecule has 1 N–H and O–H groups in total. The van der Waals surface area contributed by atoms with Crippen LogP contribution in [0.15, 0.2) is 15.7 Å². The summed E-state index contributed by atoms with van der Waals surface area (Å²) in [4.78, 5) is 0. The predicted molar refractivity (Wildman–Crippen MR) is 59.7 cm³/mol. The van der Waals surface area contributed by atoms with Gasteiger partial charge in [-0.15, -0.1) is 11.3 Å². The van der Waals surface area contributed by atoms with Gasteiger partial charge in [-0.1, -0.05) is 0 Å². The molecule has 1 atom stereocenters. The molecule has 0 radical (unpaired) electrons. The molecule has 5 heteroatoms. The first-order valence-corrected chi connectivity index (χ1v) is 6.21. The number of aliphatic hydroxyl groups is 1. The molecular formula is C9H15NO2S2. The molecule has 0 aliphatic carbocycles. The summed E-state index contributed by atoms with van der Waals surface area (Å²) in [5, 5.41) is 11.6. The Kier molecular flexibility index (Phi) is 3.47. The number of nitrogens with zero attached hydrogens (tertiary/aromatic N) is 1. The van der Waals surface area contributed by atoms with Gasteiger partial charge in [0.05, 0.1) is 5.60 Å². The van der Waals surface area contributed by atoms with Crippen LogP contribution in [-0.2, 0) is 16.6 Å². The first kappa shape index (κ1) is 11.8. The maximum atomic E-state index is 11.7. The van der Waals surface area contributed by atoms with Gasteiger partial charge in [-0.3, -0.25) is 0 Å². The summed E-state index contributed by atoms with van der Waals surface area (Å²) in [7, 11) is 2.42. The minimum absolute atomic E-state index is 0.770. The van der Waals surface area contributed by atoms with Crippen molar-refractivity contribution >= 4 is 22.3 Å². The highest BCUT2D eigenvalue weighted by atomic mass is 32.2. The van der Waals surface area contributed by atoms with E-state index in [1.54, 1.807) is 38.3 Å². The first-order valence-electron chi connectivity index (χ1n) is 4.23. The zero-order valence-electron chi connectivity index (χ0n) is 8.77. The second-order valence-electron chi connectivity index (χ2n) is 3.77. The summed E-state index contributed by atoms with van der Waals surface area (Å²) in [6.07, 6.45) is 0. The van der Waals surface area contributed by atoms with Gasteiger partial charge in [-0.25, -0.2) is 8.51 Å². The summed E-state index contributed by atoms with van der Waals surface area (Å²) in [6.45, 7) is 3.44. The molecule has 1 unspecified atom stereocenters. The fraction of sp³-hybridized carbons (Fsp3) is 0.556. The highest BCUT2D eigenvalue weighted by Gasteiger charge is 2.19. The zero-order valence-corrected chi connectivity index (χ0v) is 10.4. The fourth-order valence-electron chi connectivity index (χ4n) is 0.909. The van der Waals surface area contributed by atoms with Crippen LogP contribution in [-0.4, -0.2) is 27.7 Å². The Morgan fingerprint density at radius 2 is 2.07 bits per heavy atom. The van der Waals surface area contributed by atoms with Crippen LogP contribution < -0.4 is 0 Å². The van der Waals surface area contributed by atoms with Gasteiger partial charge in [-0.05, 0) is 45.0 Å². The third kappa shape index (κ3) is 2.63. The molecule has 1 aromatic heterocycles. The molecule has 3 nitrogen and oxygen atoms in total. The molecule has 0 saturated carbocycles. The smallest absolute Gasteiger partial charge is 0.137 e. The number of thiophene rings is 1. The average molecular weight is 233 g/mol. The lowest BCUT2D eigenvalue weighted by molar-refractivity contribution is 0.0789. The average Bonchev–Trinajstić information content (AvgIpc) is 2.49. The molecular weight excluding hydrogens is 218 g/mol. The Balaban J connectivity index is 2.95. The van der Waals surface area contributed by atoms with E-state index in [4.69, 9.17) is 0 Å². The number of rotatable bonds is 3. The Bertz CT molecular complexity index is 339. The number of hydrogen-bond acceptors (Lipinski definition) is 3. The monoisotopic (exact) mass is 233 g/mol. The highest BCUT2D eigenvalue weighted by Crippen LogP contribution is 2.27. The maximum absolute atomic E-state index is 11.7. The quantitative estimate of drug-likeness (QED) is 0.860. The summed E-state index contributed by atoms with van der Waals surface area (Å²) in [5.41, 5.74) is -0.0432. The lowest BCUT2D eigenvalue weighted by atomic mass is 10.0. The Morgan fingerprint density at radius 3 is 2.43 bits per heavy atom. The van der Waals surface area contributed by atoms with Gasteiger partial charge in [0, 0.05) is 0 Å². The van der Waals surface area contributed by atoms with Gasteiger partial charge in [0.1, 0.15) is 15.2 Å². The summed E-state index contributed by atoms with van der Waals surface area (Å²) in [6, 6.07) is 1.79. The minimum atomic E-state index is -1.11. The van der Waals surface area contributed by atoms with Crippen molar-refractivity contribution in [3.63, 3.8) is 0 Å². The van der Waals surface area contributed by atoms with Crippen LogP contribution >= 0.6 is 11.3 Å². The van der Waals surface area contributed by atoms with Gasteiger partial charge in [0.25, 0.3) is 0 Å². The minimum Gasteiger partial charge on any atom is -0.386 e. The highest BCUT2D eigenvalue weighted by molar-refractivity contribution is 7.85. The molecule has 0 saturated heterocycles. The van der Waals surface area contributed by atoms with Crippen LogP contribution in [0.2, 0.25) is 0 Å². The Hall–Kier alpha value is -0.230. The van der Waals surface area contributed by atoms with Crippen molar-refractivity contribution in [3.8, 4) is 0 Å². The van der Waals surface area contributed by atoms with Gasteiger partial charge in [0.15, 0.2) is 0 Å². The van der Waals surface area contributed by atoms with Crippen molar-refractivity contribution < 1.29 is 9.32 Å². The van der Waals surface area contributed by atoms with Gasteiger partial charge < -0.3 is 5.11 Å². The van der Waals surface area contributed by atoms with Crippen molar-refractivity contribution in [2.24, 2.45) is 0 Å². The van der Waals surface area contributed by atoms with Crippen LogP contribution in [0.5, 0.6) is 0 Å². The van der Waals surface area contributed by atoms with Crippen LogP contribution in [0.3, 0.4) is 0 Å². The normalized spacial score (nSPS) is 14.7. The maximum Gasteiger partial charge on any atom is 0.137 e. The lowest BCUT2D eigenvalue weighted by Gasteiger charge is -2.14. The molecule has 0 amide bonds. The molecule has 0 aliphatic heterocycles. The van der Waals surface area contributed by atoms with E-state index in [1.165, 1.54) is 11.3 Å². The summed E-state index contributed by atoms with van der Waals surface area (Å²) >= 11 is 1.41. The molecule has 1 heterocycles. The Labute approximate surface area is 91.0 Å². The SMILES string of the molecule is CN(C)S(=O)c1cc(C(C)(C)O)cs1. The van der Waals surface area contributed by atoms with E-state index in [0.717, 1.165) is 9.77 Å². The van der Waals surface area contributed by atoms with Crippen molar-refractivity contribution in [2.75, 3.05) is 14.1 Å². The van der Waals surface area contributed by atoms with Crippen molar-refractivity contribution in [1.29, 1.82) is 0 Å². The van der Waals surface area contributed by atoms with E-state index in [1.807, 2.05) is 5.38 Å². The first-order chi connectivity index (χ1) is 6.32. The molecule has 0 spiro atoms. The van der Waals surface area contributed by atoms with E-state index in [-0.39, 0.29) is 0 Å². The lowest BCUT2D eigenvalue weighted by Crippen LogP contribution is -2.15. The van der Waals surface area contributed by atoms with E-state index in [9.17, 15) is 9.32 Å². The second-order valence-corrected chi connectivity index (χ2v) is 6.61. The fourth-order valence-corrected chi connectivity index (χ4v) is 3.21. The van der Waals surface area contributed by atoms with Gasteiger partial charge in [-0.2, -0.15) is 0 Å². The second kappa shape index (κ2) is 4.10. The molecule has 80 valence electrons. The summed E-state index contributed by atoms with van der Waals surface area (Å²) in [5.74, 6) is 0. The summed E-state index contributed by atoms with van der Waals surface area (Å²) < 4.78 is 14.1. The van der Waals surface area contributed by atoms with E-state index < -0.39 is 16.6 Å². The molecule has 0 bridgehead atoms. The third-order valence-electron chi connectivity index (χ3n) is 1.79. The molecule has 0 fully saturated rings. The molecule has 0 aliphatic rings. The van der Waals surface area contributed by atoms with Crippen LogP contribution in [0.1, 0.15) is 19.4 Å².